The van der Waals surface area contributed by atoms with Gasteiger partial charge in [0.2, 0.25) is 0 Å². The van der Waals surface area contributed by atoms with Crippen LogP contribution in [-0.2, 0) is 0 Å². The topological polar surface area (TPSA) is 50.1 Å². The highest BCUT2D eigenvalue weighted by atomic mass is 16.3. The molecule has 3 heteroatoms. The minimum atomic E-state index is 0.665. The molecule has 2 aromatic heterocycles. The quantitative estimate of drug-likeness (QED) is 0.216. The summed E-state index contributed by atoms with van der Waals surface area (Å²) in [7, 11) is 0. The molecule has 7 aromatic carbocycles. The second-order valence-corrected chi connectivity index (χ2v) is 11.1. The van der Waals surface area contributed by atoms with Crippen molar-refractivity contribution in [1.29, 1.82) is 5.26 Å². The molecule has 0 aliphatic heterocycles. The summed E-state index contributed by atoms with van der Waals surface area (Å²) in [5, 5.41) is 16.3. The predicted molar refractivity (Wildman–Crippen MR) is 180 cm³/mol. The molecule has 0 radical (unpaired) electrons. The second kappa shape index (κ2) is 9.46. The summed E-state index contributed by atoms with van der Waals surface area (Å²) in [5.74, 6) is 0. The van der Waals surface area contributed by atoms with Crippen LogP contribution in [0.3, 0.4) is 0 Å². The van der Waals surface area contributed by atoms with E-state index in [4.69, 9.17) is 8.83 Å². The zero-order valence-corrected chi connectivity index (χ0v) is 23.5. The molecular weight excluding hydrogens is 538 g/mol. The highest BCUT2D eigenvalue weighted by molar-refractivity contribution is 6.24. The van der Waals surface area contributed by atoms with Crippen molar-refractivity contribution in [2.75, 3.05) is 0 Å². The molecule has 204 valence electrons. The van der Waals surface area contributed by atoms with Crippen LogP contribution in [0.1, 0.15) is 5.56 Å². The van der Waals surface area contributed by atoms with E-state index in [1.54, 1.807) is 0 Å². The van der Waals surface area contributed by atoms with Crippen LogP contribution in [-0.4, -0.2) is 0 Å². The monoisotopic (exact) mass is 561 g/mol. The predicted octanol–water partition coefficient (Wildman–Crippen LogP) is 11.5. The fraction of sp³-hybridized carbons (Fsp3) is 0. The highest BCUT2D eigenvalue weighted by Gasteiger charge is 2.23. The normalized spacial score (nSPS) is 11.6. The first-order valence-electron chi connectivity index (χ1n) is 14.7. The Labute approximate surface area is 252 Å². The van der Waals surface area contributed by atoms with Gasteiger partial charge < -0.3 is 8.83 Å². The molecule has 2 heterocycles. The summed E-state index contributed by atoms with van der Waals surface area (Å²) in [6, 6.07) is 50.1. The van der Waals surface area contributed by atoms with E-state index in [-0.39, 0.29) is 0 Å². The number of nitriles is 1. The molecule has 0 amide bonds. The van der Waals surface area contributed by atoms with E-state index in [1.807, 2.05) is 48.5 Å². The van der Waals surface area contributed by atoms with Crippen molar-refractivity contribution < 1.29 is 8.83 Å². The lowest BCUT2D eigenvalue weighted by molar-refractivity contribution is 0.658. The molecule has 0 saturated carbocycles. The van der Waals surface area contributed by atoms with Crippen LogP contribution in [0.5, 0.6) is 0 Å². The molecule has 0 saturated heterocycles. The largest absolute Gasteiger partial charge is 0.455 e. The summed E-state index contributed by atoms with van der Waals surface area (Å²) in [6.45, 7) is 0. The number of hydrogen-bond acceptors (Lipinski definition) is 3. The van der Waals surface area contributed by atoms with E-state index in [0.29, 0.717) is 5.56 Å². The minimum Gasteiger partial charge on any atom is -0.455 e. The average Bonchev–Trinajstić information content (AvgIpc) is 3.65. The maximum atomic E-state index is 9.72. The van der Waals surface area contributed by atoms with Gasteiger partial charge in [-0.05, 0) is 68.9 Å². The molecule has 0 unspecified atom stereocenters. The summed E-state index contributed by atoms with van der Waals surface area (Å²) >= 11 is 0. The first-order chi connectivity index (χ1) is 21.8. The first-order valence-corrected chi connectivity index (χ1v) is 14.7. The van der Waals surface area contributed by atoms with Crippen LogP contribution < -0.4 is 0 Å². The molecule has 0 atom stereocenters. The molecule has 9 aromatic rings. The van der Waals surface area contributed by atoms with Gasteiger partial charge in [0, 0.05) is 21.5 Å². The van der Waals surface area contributed by atoms with Crippen LogP contribution in [0.25, 0.3) is 88.0 Å². The number of para-hydroxylation sites is 2. The van der Waals surface area contributed by atoms with Gasteiger partial charge in [0.15, 0.2) is 0 Å². The third kappa shape index (κ3) is 3.55. The van der Waals surface area contributed by atoms with Crippen LogP contribution in [0.4, 0.5) is 0 Å². The molecule has 44 heavy (non-hydrogen) atoms. The zero-order chi connectivity index (χ0) is 29.2. The van der Waals surface area contributed by atoms with E-state index in [0.717, 1.165) is 88.0 Å². The lowest BCUT2D eigenvalue weighted by atomic mass is 9.89. The molecule has 0 spiro atoms. The fourth-order valence-electron chi connectivity index (χ4n) is 6.74. The van der Waals surface area contributed by atoms with Crippen LogP contribution >= 0.6 is 0 Å². The standard InChI is InChI=1S/C41H23NO2/c42-24-27-10-1-2-13-28(27)25-11-9-12-26(22-25)29-20-21-34(31-15-4-3-14-30(29)31)39-40-35(32-16-5-7-18-37(32)43-40)23-36-33-17-6-8-19-38(33)44-41(36)39/h1-23H. The van der Waals surface area contributed by atoms with Crippen molar-refractivity contribution in [3.8, 4) is 39.4 Å². The molecule has 0 aliphatic carbocycles. The number of benzene rings is 7. The Morgan fingerprint density at radius 3 is 1.59 bits per heavy atom. The summed E-state index contributed by atoms with van der Waals surface area (Å²) < 4.78 is 13.2. The fourth-order valence-corrected chi connectivity index (χ4v) is 6.74. The molecular formula is C41H23NO2. The Morgan fingerprint density at radius 1 is 0.409 bits per heavy atom. The molecule has 0 bridgehead atoms. The molecule has 0 fully saturated rings. The van der Waals surface area contributed by atoms with Gasteiger partial charge in [-0.3, -0.25) is 0 Å². The lowest BCUT2D eigenvalue weighted by Crippen LogP contribution is -1.89. The lowest BCUT2D eigenvalue weighted by Gasteiger charge is -2.14. The maximum absolute atomic E-state index is 9.72. The van der Waals surface area contributed by atoms with Gasteiger partial charge in [-0.2, -0.15) is 5.26 Å². The van der Waals surface area contributed by atoms with E-state index in [9.17, 15) is 5.26 Å². The van der Waals surface area contributed by atoms with Crippen LogP contribution in [0, 0.1) is 11.3 Å². The third-order valence-electron chi connectivity index (χ3n) is 8.74. The van der Waals surface area contributed by atoms with E-state index >= 15 is 0 Å². The molecule has 9 rings (SSSR count). The van der Waals surface area contributed by atoms with E-state index in [2.05, 4.69) is 97.1 Å². The van der Waals surface area contributed by atoms with Gasteiger partial charge in [-0.25, -0.2) is 0 Å². The molecule has 0 N–H and O–H groups in total. The van der Waals surface area contributed by atoms with Gasteiger partial charge >= 0.3 is 0 Å². The summed E-state index contributed by atoms with van der Waals surface area (Å²) in [5.41, 5.74) is 10.2. The average molecular weight is 562 g/mol. The Bertz CT molecular complexity index is 2540. The second-order valence-electron chi connectivity index (χ2n) is 11.1. The summed E-state index contributed by atoms with van der Waals surface area (Å²) in [6.07, 6.45) is 0. The van der Waals surface area contributed by atoms with Gasteiger partial charge in [-0.1, -0.05) is 109 Å². The summed E-state index contributed by atoms with van der Waals surface area (Å²) in [4.78, 5) is 0. The Kier molecular flexibility index (Phi) is 5.26. The van der Waals surface area contributed by atoms with Gasteiger partial charge in [-0.15, -0.1) is 0 Å². The van der Waals surface area contributed by atoms with Crippen molar-refractivity contribution in [3.63, 3.8) is 0 Å². The van der Waals surface area contributed by atoms with E-state index in [1.165, 1.54) is 0 Å². The number of fused-ring (bicyclic) bond motifs is 7. The Hall–Kier alpha value is -6.11. The van der Waals surface area contributed by atoms with Crippen LogP contribution in [0.15, 0.2) is 148 Å². The van der Waals surface area contributed by atoms with Crippen molar-refractivity contribution in [2.45, 2.75) is 0 Å². The number of rotatable bonds is 3. The van der Waals surface area contributed by atoms with Crippen LogP contribution in [0.2, 0.25) is 0 Å². The van der Waals surface area contributed by atoms with Crippen molar-refractivity contribution >= 4 is 54.6 Å². The van der Waals surface area contributed by atoms with Crippen molar-refractivity contribution in [3.05, 3.63) is 145 Å². The third-order valence-corrected chi connectivity index (χ3v) is 8.74. The number of nitrogens with zero attached hydrogens (tertiary/aromatic N) is 1. The van der Waals surface area contributed by atoms with Crippen molar-refractivity contribution in [1.82, 2.24) is 0 Å². The number of furan rings is 2. The SMILES string of the molecule is N#Cc1ccccc1-c1cccc(-c2ccc(-c3c4oc5ccccc5c4cc4c3oc3ccccc34)c3ccccc23)c1. The zero-order valence-electron chi connectivity index (χ0n) is 23.5. The molecule has 0 aliphatic rings. The molecule has 3 nitrogen and oxygen atoms in total. The smallest absolute Gasteiger partial charge is 0.147 e. The first kappa shape index (κ1) is 24.5. The van der Waals surface area contributed by atoms with Gasteiger partial charge in [0.25, 0.3) is 0 Å². The van der Waals surface area contributed by atoms with Gasteiger partial charge in [0.1, 0.15) is 22.3 Å². The Morgan fingerprint density at radius 2 is 0.932 bits per heavy atom. The Balaban J connectivity index is 1.34. The van der Waals surface area contributed by atoms with Crippen molar-refractivity contribution in [2.24, 2.45) is 0 Å². The highest BCUT2D eigenvalue weighted by Crippen LogP contribution is 2.47. The maximum Gasteiger partial charge on any atom is 0.147 e. The number of hydrogen-bond donors (Lipinski definition) is 0. The van der Waals surface area contributed by atoms with E-state index < -0.39 is 0 Å². The van der Waals surface area contributed by atoms with Gasteiger partial charge in [0.05, 0.1) is 17.2 Å². The minimum absolute atomic E-state index is 0.665.